The van der Waals surface area contributed by atoms with Crippen molar-refractivity contribution in [3.63, 3.8) is 0 Å². The van der Waals surface area contributed by atoms with Gasteiger partial charge in [-0.2, -0.15) is 11.8 Å². The Kier molecular flexibility index (Phi) is 6.03. The molecule has 0 radical (unpaired) electrons. The number of nitrogens with two attached hydrogens (primary N) is 1. The van der Waals surface area contributed by atoms with E-state index < -0.39 is 0 Å². The number of thioether (sulfide) groups is 1. The van der Waals surface area contributed by atoms with E-state index in [1.54, 1.807) is 0 Å². The SMILES string of the molecule is Cc1ccc(C)c(C(CSCC(C)C)NN)c1. The second kappa shape index (κ2) is 7.04. The Morgan fingerprint density at radius 2 is 1.94 bits per heavy atom. The number of rotatable bonds is 6. The van der Waals surface area contributed by atoms with Crippen molar-refractivity contribution >= 4 is 11.8 Å². The molecule has 0 aliphatic rings. The molecule has 3 N–H and O–H groups in total. The summed E-state index contributed by atoms with van der Waals surface area (Å²) in [6.45, 7) is 8.76. The van der Waals surface area contributed by atoms with Gasteiger partial charge < -0.3 is 0 Å². The molecular formula is C14H24N2S. The number of hydrogen-bond donors (Lipinski definition) is 2. The topological polar surface area (TPSA) is 38.0 Å². The molecule has 3 heteroatoms. The fraction of sp³-hybridized carbons (Fsp3) is 0.571. The van der Waals surface area contributed by atoms with Gasteiger partial charge in [0.1, 0.15) is 0 Å². The third-order valence-electron chi connectivity index (χ3n) is 2.75. The van der Waals surface area contributed by atoms with Crippen molar-refractivity contribution in [1.82, 2.24) is 5.43 Å². The molecule has 0 saturated heterocycles. The van der Waals surface area contributed by atoms with Crippen LogP contribution >= 0.6 is 11.8 Å². The largest absolute Gasteiger partial charge is 0.271 e. The molecule has 1 unspecified atom stereocenters. The van der Waals surface area contributed by atoms with E-state index in [1.165, 1.54) is 22.4 Å². The van der Waals surface area contributed by atoms with Gasteiger partial charge in [0.25, 0.3) is 0 Å². The van der Waals surface area contributed by atoms with Crippen molar-refractivity contribution in [3.05, 3.63) is 34.9 Å². The summed E-state index contributed by atoms with van der Waals surface area (Å²) in [7, 11) is 0. The lowest BCUT2D eigenvalue weighted by molar-refractivity contribution is 0.606. The van der Waals surface area contributed by atoms with E-state index in [0.29, 0.717) is 0 Å². The van der Waals surface area contributed by atoms with Crippen LogP contribution in [-0.4, -0.2) is 11.5 Å². The quantitative estimate of drug-likeness (QED) is 0.603. The third kappa shape index (κ3) is 4.70. The van der Waals surface area contributed by atoms with Crippen LogP contribution in [0, 0.1) is 19.8 Å². The minimum atomic E-state index is 0.249. The van der Waals surface area contributed by atoms with Gasteiger partial charge in [0, 0.05) is 5.75 Å². The number of benzene rings is 1. The zero-order valence-electron chi connectivity index (χ0n) is 11.3. The maximum Gasteiger partial charge on any atom is 0.0553 e. The summed E-state index contributed by atoms with van der Waals surface area (Å²) < 4.78 is 0. The Morgan fingerprint density at radius 1 is 1.24 bits per heavy atom. The molecule has 0 aliphatic heterocycles. The fourth-order valence-corrected chi connectivity index (χ4v) is 2.90. The highest BCUT2D eigenvalue weighted by molar-refractivity contribution is 7.99. The molecular weight excluding hydrogens is 228 g/mol. The van der Waals surface area contributed by atoms with E-state index in [2.05, 4.69) is 51.3 Å². The first-order valence-corrected chi connectivity index (χ1v) is 7.31. The molecule has 0 spiro atoms. The third-order valence-corrected chi connectivity index (χ3v) is 4.22. The Labute approximate surface area is 109 Å². The van der Waals surface area contributed by atoms with Gasteiger partial charge in [-0.25, -0.2) is 0 Å². The Morgan fingerprint density at radius 3 is 2.53 bits per heavy atom. The van der Waals surface area contributed by atoms with Crippen molar-refractivity contribution < 1.29 is 0 Å². The molecule has 96 valence electrons. The Balaban J connectivity index is 2.68. The maximum absolute atomic E-state index is 5.68. The van der Waals surface area contributed by atoms with Crippen LogP contribution in [0.4, 0.5) is 0 Å². The molecule has 17 heavy (non-hydrogen) atoms. The van der Waals surface area contributed by atoms with Crippen LogP contribution in [0.25, 0.3) is 0 Å². The summed E-state index contributed by atoms with van der Waals surface area (Å²) in [6.07, 6.45) is 0. The fourth-order valence-electron chi connectivity index (χ4n) is 1.78. The van der Waals surface area contributed by atoms with Crippen LogP contribution in [0.1, 0.15) is 36.6 Å². The minimum absolute atomic E-state index is 0.249. The highest BCUT2D eigenvalue weighted by Crippen LogP contribution is 2.23. The first-order valence-electron chi connectivity index (χ1n) is 6.15. The van der Waals surface area contributed by atoms with Crippen molar-refractivity contribution in [3.8, 4) is 0 Å². The van der Waals surface area contributed by atoms with Crippen LogP contribution in [0.2, 0.25) is 0 Å². The first kappa shape index (κ1) is 14.6. The standard InChI is InChI=1S/C14H24N2S/c1-10(2)8-17-9-14(16-15)13-7-11(3)5-6-12(13)4/h5-7,10,14,16H,8-9,15H2,1-4H3. The Bertz CT molecular complexity index is 350. The maximum atomic E-state index is 5.68. The van der Waals surface area contributed by atoms with Crippen LogP contribution in [0.5, 0.6) is 0 Å². The van der Waals surface area contributed by atoms with Gasteiger partial charge in [-0.05, 0) is 36.6 Å². The zero-order valence-corrected chi connectivity index (χ0v) is 12.1. The van der Waals surface area contributed by atoms with Crippen LogP contribution in [0.15, 0.2) is 18.2 Å². The number of nitrogens with one attached hydrogen (secondary N) is 1. The minimum Gasteiger partial charge on any atom is -0.271 e. The summed E-state index contributed by atoms with van der Waals surface area (Å²) in [5.41, 5.74) is 6.86. The second-order valence-corrected chi connectivity index (χ2v) is 6.09. The predicted molar refractivity (Wildman–Crippen MR) is 78.1 cm³/mol. The lowest BCUT2D eigenvalue weighted by Crippen LogP contribution is -2.30. The second-order valence-electron chi connectivity index (χ2n) is 5.01. The van der Waals surface area contributed by atoms with Gasteiger partial charge in [0.2, 0.25) is 0 Å². The van der Waals surface area contributed by atoms with Gasteiger partial charge in [0.05, 0.1) is 6.04 Å². The van der Waals surface area contributed by atoms with Crippen molar-refractivity contribution in [1.29, 1.82) is 0 Å². The molecule has 2 nitrogen and oxygen atoms in total. The number of hydrazine groups is 1. The molecule has 1 aromatic rings. The highest BCUT2D eigenvalue weighted by atomic mass is 32.2. The van der Waals surface area contributed by atoms with E-state index in [9.17, 15) is 0 Å². The summed E-state index contributed by atoms with van der Waals surface area (Å²) in [5, 5.41) is 0. The van der Waals surface area contributed by atoms with E-state index in [0.717, 1.165) is 11.7 Å². The van der Waals surface area contributed by atoms with E-state index in [1.807, 2.05) is 11.8 Å². The summed E-state index contributed by atoms with van der Waals surface area (Å²) in [6, 6.07) is 6.80. The van der Waals surface area contributed by atoms with Crippen LogP contribution < -0.4 is 11.3 Å². The molecule has 0 amide bonds. The van der Waals surface area contributed by atoms with E-state index in [-0.39, 0.29) is 6.04 Å². The van der Waals surface area contributed by atoms with Crippen molar-refractivity contribution in [2.45, 2.75) is 33.7 Å². The molecule has 0 aliphatic carbocycles. The van der Waals surface area contributed by atoms with Crippen LogP contribution in [-0.2, 0) is 0 Å². The zero-order chi connectivity index (χ0) is 12.8. The Hall–Kier alpha value is -0.510. The van der Waals surface area contributed by atoms with E-state index in [4.69, 9.17) is 5.84 Å². The molecule has 1 aromatic carbocycles. The van der Waals surface area contributed by atoms with Gasteiger partial charge in [-0.1, -0.05) is 37.6 Å². The molecule has 0 fully saturated rings. The lowest BCUT2D eigenvalue weighted by Gasteiger charge is -2.19. The number of aryl methyl sites for hydroxylation is 2. The summed E-state index contributed by atoms with van der Waals surface area (Å²) >= 11 is 1.96. The molecule has 0 aromatic heterocycles. The van der Waals surface area contributed by atoms with Crippen molar-refractivity contribution in [2.75, 3.05) is 11.5 Å². The summed E-state index contributed by atoms with van der Waals surface area (Å²) in [5.74, 6) is 8.62. The van der Waals surface area contributed by atoms with Gasteiger partial charge >= 0.3 is 0 Å². The lowest BCUT2D eigenvalue weighted by atomic mass is 10.0. The van der Waals surface area contributed by atoms with Crippen LogP contribution in [0.3, 0.4) is 0 Å². The molecule has 0 heterocycles. The van der Waals surface area contributed by atoms with Gasteiger partial charge in [-0.15, -0.1) is 0 Å². The molecule has 1 rings (SSSR count). The summed E-state index contributed by atoms with van der Waals surface area (Å²) in [4.78, 5) is 0. The molecule has 1 atom stereocenters. The predicted octanol–water partition coefficient (Wildman–Crippen LogP) is 3.20. The highest BCUT2D eigenvalue weighted by Gasteiger charge is 2.12. The average Bonchev–Trinajstić information content (AvgIpc) is 2.28. The van der Waals surface area contributed by atoms with Gasteiger partial charge in [0.15, 0.2) is 0 Å². The monoisotopic (exact) mass is 252 g/mol. The number of hydrogen-bond acceptors (Lipinski definition) is 3. The van der Waals surface area contributed by atoms with Gasteiger partial charge in [-0.3, -0.25) is 11.3 Å². The first-order chi connectivity index (χ1) is 8.04. The molecule has 0 saturated carbocycles. The van der Waals surface area contributed by atoms with Crippen molar-refractivity contribution in [2.24, 2.45) is 11.8 Å². The average molecular weight is 252 g/mol. The normalized spacial score (nSPS) is 13.1. The van der Waals surface area contributed by atoms with E-state index >= 15 is 0 Å². The smallest absolute Gasteiger partial charge is 0.0553 e. The molecule has 0 bridgehead atoms.